The average molecular weight is 229 g/mol. The van der Waals surface area contributed by atoms with Gasteiger partial charge in [0.25, 0.3) is 0 Å². The molecule has 3 nitrogen and oxygen atoms in total. The largest absolute Gasteiger partial charge is 0.368 e. The fourth-order valence-electron chi connectivity index (χ4n) is 1.90. The smallest absolute Gasteiger partial charge is 0.220 e. The molecule has 2 heterocycles. The number of nitrogens with two attached hydrogens (primary N) is 1. The molecule has 0 aliphatic carbocycles. The zero-order chi connectivity index (χ0) is 11.0. The minimum Gasteiger partial charge on any atom is -0.368 e. The van der Waals surface area contributed by atoms with Crippen LogP contribution in [-0.2, 0) is 6.42 Å². The van der Waals surface area contributed by atoms with Crippen molar-refractivity contribution >= 4 is 17.7 Å². The van der Waals surface area contributed by atoms with E-state index in [0.29, 0.717) is 5.95 Å². The third-order valence-electron chi connectivity index (χ3n) is 2.65. The van der Waals surface area contributed by atoms with Crippen LogP contribution in [0.4, 0.5) is 5.95 Å². The molecule has 0 saturated carbocycles. The summed E-state index contributed by atoms with van der Waals surface area (Å²) in [5.41, 5.74) is 9.02. The fourth-order valence-corrected chi connectivity index (χ4v) is 2.93. The lowest BCUT2D eigenvalue weighted by Crippen LogP contribution is -2.00. The number of anilines is 1. The van der Waals surface area contributed by atoms with E-state index in [2.05, 4.69) is 28.2 Å². The number of aryl methyl sites for hydroxylation is 1. The summed E-state index contributed by atoms with van der Waals surface area (Å²) in [7, 11) is 0. The second-order valence-electron chi connectivity index (χ2n) is 3.70. The molecule has 0 saturated heterocycles. The number of benzene rings is 1. The highest BCUT2D eigenvalue weighted by Gasteiger charge is 2.16. The van der Waals surface area contributed by atoms with Gasteiger partial charge in [0.05, 0.1) is 5.69 Å². The Kier molecular flexibility index (Phi) is 2.29. The standard InChI is InChI=1S/C12H11N3S/c13-12-14-7-8-5-6-16-10-4-2-1-3-9(10)11(8)15-12/h1-4,7H,5-6H2,(H2,13,14,15). The molecular weight excluding hydrogens is 218 g/mol. The molecule has 0 spiro atoms. The molecule has 1 aliphatic heterocycles. The third-order valence-corrected chi connectivity index (χ3v) is 3.73. The molecule has 0 atom stereocenters. The second kappa shape index (κ2) is 3.79. The molecule has 2 aromatic rings. The van der Waals surface area contributed by atoms with Gasteiger partial charge in [-0.05, 0) is 18.1 Å². The summed E-state index contributed by atoms with van der Waals surface area (Å²) in [6.45, 7) is 0. The number of thioether (sulfide) groups is 1. The first kappa shape index (κ1) is 9.66. The third kappa shape index (κ3) is 1.55. The molecule has 1 aliphatic rings. The van der Waals surface area contributed by atoms with Crippen molar-refractivity contribution in [3.8, 4) is 11.3 Å². The Morgan fingerprint density at radius 1 is 1.25 bits per heavy atom. The average Bonchev–Trinajstić information content (AvgIpc) is 2.48. The highest BCUT2D eigenvalue weighted by atomic mass is 32.2. The van der Waals surface area contributed by atoms with E-state index < -0.39 is 0 Å². The van der Waals surface area contributed by atoms with E-state index in [1.54, 1.807) is 0 Å². The van der Waals surface area contributed by atoms with Crippen LogP contribution in [-0.4, -0.2) is 15.7 Å². The van der Waals surface area contributed by atoms with Crippen LogP contribution in [0.15, 0.2) is 35.4 Å². The van der Waals surface area contributed by atoms with Crippen LogP contribution < -0.4 is 5.73 Å². The molecule has 1 aromatic heterocycles. The monoisotopic (exact) mass is 229 g/mol. The van der Waals surface area contributed by atoms with Gasteiger partial charge in [-0.3, -0.25) is 0 Å². The predicted octanol–water partition coefficient (Wildman–Crippen LogP) is 2.37. The lowest BCUT2D eigenvalue weighted by molar-refractivity contribution is 1.07. The number of rotatable bonds is 0. The van der Waals surface area contributed by atoms with Crippen molar-refractivity contribution in [1.82, 2.24) is 9.97 Å². The molecule has 0 fully saturated rings. The molecule has 0 bridgehead atoms. The summed E-state index contributed by atoms with van der Waals surface area (Å²) in [6, 6.07) is 8.32. The van der Waals surface area contributed by atoms with Gasteiger partial charge in [-0.2, -0.15) is 0 Å². The van der Waals surface area contributed by atoms with Crippen molar-refractivity contribution in [2.75, 3.05) is 11.5 Å². The first-order valence-electron chi connectivity index (χ1n) is 5.18. The maximum absolute atomic E-state index is 5.66. The Balaban J connectivity index is 2.28. The van der Waals surface area contributed by atoms with Gasteiger partial charge in [-0.1, -0.05) is 18.2 Å². The Labute approximate surface area is 98.1 Å². The van der Waals surface area contributed by atoms with Gasteiger partial charge in [0, 0.05) is 22.4 Å². The second-order valence-corrected chi connectivity index (χ2v) is 4.83. The number of nitrogens with zero attached hydrogens (tertiary/aromatic N) is 2. The SMILES string of the molecule is Nc1ncc2c(n1)-c1ccccc1SCC2. The lowest BCUT2D eigenvalue weighted by Gasteiger charge is -2.07. The van der Waals surface area contributed by atoms with Crippen molar-refractivity contribution in [2.24, 2.45) is 0 Å². The molecule has 0 amide bonds. The summed E-state index contributed by atoms with van der Waals surface area (Å²) in [5, 5.41) is 0. The van der Waals surface area contributed by atoms with E-state index in [1.165, 1.54) is 16.0 Å². The topological polar surface area (TPSA) is 51.8 Å². The van der Waals surface area contributed by atoms with Gasteiger partial charge in [0.15, 0.2) is 0 Å². The Morgan fingerprint density at radius 3 is 3.06 bits per heavy atom. The van der Waals surface area contributed by atoms with E-state index in [-0.39, 0.29) is 0 Å². The van der Waals surface area contributed by atoms with E-state index >= 15 is 0 Å². The van der Waals surface area contributed by atoms with Crippen molar-refractivity contribution in [2.45, 2.75) is 11.3 Å². The van der Waals surface area contributed by atoms with Crippen molar-refractivity contribution in [3.05, 3.63) is 36.0 Å². The summed E-state index contributed by atoms with van der Waals surface area (Å²) in [4.78, 5) is 9.71. The highest BCUT2D eigenvalue weighted by molar-refractivity contribution is 7.99. The first-order chi connectivity index (χ1) is 7.84. The van der Waals surface area contributed by atoms with Gasteiger partial charge >= 0.3 is 0 Å². The number of nitrogen functional groups attached to an aromatic ring is 1. The van der Waals surface area contributed by atoms with Crippen LogP contribution in [0.1, 0.15) is 5.56 Å². The molecule has 80 valence electrons. The Bertz CT molecular complexity index is 540. The molecule has 2 N–H and O–H groups in total. The minimum absolute atomic E-state index is 0.348. The predicted molar refractivity (Wildman–Crippen MR) is 66.3 cm³/mol. The van der Waals surface area contributed by atoms with Gasteiger partial charge < -0.3 is 5.73 Å². The fraction of sp³-hybridized carbons (Fsp3) is 0.167. The van der Waals surface area contributed by atoms with Gasteiger partial charge in [-0.25, -0.2) is 9.97 Å². The molecular formula is C12H11N3S. The molecule has 0 radical (unpaired) electrons. The Hall–Kier alpha value is -1.55. The van der Waals surface area contributed by atoms with E-state index in [1.807, 2.05) is 24.0 Å². The lowest BCUT2D eigenvalue weighted by atomic mass is 10.1. The summed E-state index contributed by atoms with van der Waals surface area (Å²) in [5.74, 6) is 1.41. The molecule has 1 aromatic carbocycles. The van der Waals surface area contributed by atoms with Crippen LogP contribution >= 0.6 is 11.8 Å². The van der Waals surface area contributed by atoms with Gasteiger partial charge in [-0.15, -0.1) is 11.8 Å². The molecule has 4 heteroatoms. The number of hydrogen-bond donors (Lipinski definition) is 1. The van der Waals surface area contributed by atoms with Crippen molar-refractivity contribution in [1.29, 1.82) is 0 Å². The minimum atomic E-state index is 0.348. The maximum atomic E-state index is 5.66. The van der Waals surface area contributed by atoms with Crippen LogP contribution in [0.25, 0.3) is 11.3 Å². The van der Waals surface area contributed by atoms with E-state index in [9.17, 15) is 0 Å². The Morgan fingerprint density at radius 2 is 2.12 bits per heavy atom. The van der Waals surface area contributed by atoms with E-state index in [4.69, 9.17) is 5.73 Å². The first-order valence-corrected chi connectivity index (χ1v) is 6.17. The van der Waals surface area contributed by atoms with Crippen LogP contribution in [0.2, 0.25) is 0 Å². The van der Waals surface area contributed by atoms with Crippen molar-refractivity contribution < 1.29 is 0 Å². The van der Waals surface area contributed by atoms with Crippen LogP contribution in [0.5, 0.6) is 0 Å². The maximum Gasteiger partial charge on any atom is 0.220 e. The van der Waals surface area contributed by atoms with Gasteiger partial charge in [0.1, 0.15) is 0 Å². The van der Waals surface area contributed by atoms with Crippen LogP contribution in [0.3, 0.4) is 0 Å². The quantitative estimate of drug-likeness (QED) is 0.753. The normalized spacial score (nSPS) is 13.8. The summed E-state index contributed by atoms with van der Waals surface area (Å²) >= 11 is 1.86. The zero-order valence-electron chi connectivity index (χ0n) is 8.68. The molecule has 0 unspecified atom stereocenters. The summed E-state index contributed by atoms with van der Waals surface area (Å²) in [6.07, 6.45) is 2.84. The summed E-state index contributed by atoms with van der Waals surface area (Å²) < 4.78 is 0. The molecule has 3 rings (SSSR count). The zero-order valence-corrected chi connectivity index (χ0v) is 9.50. The van der Waals surface area contributed by atoms with Crippen LogP contribution in [0, 0.1) is 0 Å². The number of hydrogen-bond acceptors (Lipinski definition) is 4. The van der Waals surface area contributed by atoms with Crippen molar-refractivity contribution in [3.63, 3.8) is 0 Å². The number of fused-ring (bicyclic) bond motifs is 3. The molecule has 16 heavy (non-hydrogen) atoms. The van der Waals surface area contributed by atoms with Gasteiger partial charge in [0.2, 0.25) is 5.95 Å². The highest BCUT2D eigenvalue weighted by Crippen LogP contribution is 2.36. The number of aromatic nitrogens is 2. The van der Waals surface area contributed by atoms with E-state index in [0.717, 1.165) is 17.9 Å².